The second-order valence-corrected chi connectivity index (χ2v) is 11.0. The van der Waals surface area contributed by atoms with Crippen molar-refractivity contribution < 1.29 is 17.9 Å². The molecule has 0 saturated carbocycles. The van der Waals surface area contributed by atoms with Gasteiger partial charge in [0.2, 0.25) is 15.9 Å². The molecule has 0 spiro atoms. The maximum absolute atomic E-state index is 13.2. The molecule has 2 aromatic heterocycles. The molecule has 1 amide bonds. The van der Waals surface area contributed by atoms with Gasteiger partial charge in [-0.3, -0.25) is 4.79 Å². The third kappa shape index (κ3) is 5.06. The van der Waals surface area contributed by atoms with Crippen molar-refractivity contribution in [2.45, 2.75) is 36.1 Å². The van der Waals surface area contributed by atoms with Gasteiger partial charge in [0.05, 0.1) is 22.6 Å². The van der Waals surface area contributed by atoms with Gasteiger partial charge in [-0.1, -0.05) is 18.2 Å². The summed E-state index contributed by atoms with van der Waals surface area (Å²) in [7, 11) is -3.71. The molecule has 32 heavy (non-hydrogen) atoms. The van der Waals surface area contributed by atoms with Crippen molar-refractivity contribution in [1.82, 2.24) is 14.3 Å². The number of nitrogens with one attached hydrogen (secondary N) is 1. The fourth-order valence-electron chi connectivity index (χ4n) is 3.51. The van der Waals surface area contributed by atoms with E-state index in [1.165, 1.54) is 39.8 Å². The largest absolute Gasteiger partial charge is 0.492 e. The maximum Gasteiger partial charge on any atom is 0.246 e. The van der Waals surface area contributed by atoms with E-state index in [9.17, 15) is 13.2 Å². The summed E-state index contributed by atoms with van der Waals surface area (Å²) < 4.78 is 34.5. The van der Waals surface area contributed by atoms with Gasteiger partial charge in [0.15, 0.2) is 0 Å². The van der Waals surface area contributed by atoms with Crippen molar-refractivity contribution in [2.75, 3.05) is 30.8 Å². The van der Waals surface area contributed by atoms with Crippen LogP contribution in [0.3, 0.4) is 0 Å². The summed E-state index contributed by atoms with van der Waals surface area (Å²) in [6.07, 6.45) is 4.20. The lowest BCUT2D eigenvalue weighted by Crippen LogP contribution is -2.35. The van der Waals surface area contributed by atoms with Crippen LogP contribution < -0.4 is 10.1 Å². The number of hydrogen-bond donors (Lipinski definition) is 1. The van der Waals surface area contributed by atoms with Gasteiger partial charge in [0.25, 0.3) is 0 Å². The molecule has 1 aliphatic rings. The summed E-state index contributed by atoms with van der Waals surface area (Å²) in [5.74, 6) is 0.196. The number of anilines is 1. The Morgan fingerprint density at radius 2 is 2.03 bits per heavy atom. The monoisotopic (exact) mass is 492 g/mol. The summed E-state index contributed by atoms with van der Waals surface area (Å²) in [5, 5.41) is 5.49. The highest BCUT2D eigenvalue weighted by Crippen LogP contribution is 2.32. The Bertz CT molecular complexity index is 1210. The number of aromatic nitrogens is 2. The van der Waals surface area contributed by atoms with Crippen LogP contribution in [0, 0.1) is 0 Å². The molecule has 0 atom stereocenters. The first-order valence-electron chi connectivity index (χ1n) is 10.4. The number of amides is 1. The van der Waals surface area contributed by atoms with Crippen LogP contribution in [0.25, 0.3) is 10.2 Å². The van der Waals surface area contributed by atoms with Crippen LogP contribution in [0.4, 0.5) is 5.69 Å². The van der Waals surface area contributed by atoms with Gasteiger partial charge in [-0.05, 0) is 49.4 Å². The zero-order chi connectivity index (χ0) is 22.6. The van der Waals surface area contributed by atoms with E-state index >= 15 is 0 Å². The third-order valence-corrected chi connectivity index (χ3v) is 8.96. The number of ether oxygens (including phenoxy) is 1. The molecule has 3 heterocycles. The molecule has 1 saturated heterocycles. The number of hydrogen-bond acceptors (Lipinski definition) is 8. The Hall–Kier alpha value is -2.21. The smallest absolute Gasteiger partial charge is 0.246 e. The van der Waals surface area contributed by atoms with Crippen molar-refractivity contribution in [3.63, 3.8) is 0 Å². The number of carbonyl (C=O) groups excluding carboxylic acids is 1. The van der Waals surface area contributed by atoms with E-state index in [4.69, 9.17) is 4.74 Å². The number of benzene rings is 1. The molecule has 0 unspecified atom stereocenters. The van der Waals surface area contributed by atoms with E-state index in [1.54, 1.807) is 12.1 Å². The molecule has 11 heteroatoms. The molecule has 0 radical (unpaired) electrons. The van der Waals surface area contributed by atoms with Gasteiger partial charge in [0, 0.05) is 18.8 Å². The molecule has 1 N–H and O–H groups in total. The van der Waals surface area contributed by atoms with E-state index in [1.807, 2.05) is 18.4 Å². The topological polar surface area (TPSA) is 101 Å². The van der Waals surface area contributed by atoms with Crippen LogP contribution in [-0.2, 0) is 14.8 Å². The number of fused-ring (bicyclic) bond motifs is 1. The van der Waals surface area contributed by atoms with Crippen LogP contribution in [0.5, 0.6) is 5.75 Å². The van der Waals surface area contributed by atoms with Crippen molar-refractivity contribution >= 4 is 54.9 Å². The average molecular weight is 493 g/mol. The minimum absolute atomic E-state index is 0.0859. The van der Waals surface area contributed by atoms with Gasteiger partial charge >= 0.3 is 0 Å². The first-order valence-corrected chi connectivity index (χ1v) is 13.7. The minimum atomic E-state index is -3.71. The first kappa shape index (κ1) is 23.0. The standard InChI is InChI=1S/C21H24N4O4S3/c1-2-29-17-7-6-15(12-18(17)32(27,28)25-9-4-3-5-10-25)24-19(26)13-31-21-20-16(8-11-30-20)22-14-23-21/h6-8,11-12,14H,2-5,9-10,13H2,1H3,(H,24,26). The molecular weight excluding hydrogens is 468 g/mol. The van der Waals surface area contributed by atoms with Crippen molar-refractivity contribution in [1.29, 1.82) is 0 Å². The molecule has 1 aromatic carbocycles. The van der Waals surface area contributed by atoms with Crippen molar-refractivity contribution in [2.24, 2.45) is 0 Å². The summed E-state index contributed by atoms with van der Waals surface area (Å²) in [6.45, 7) is 3.15. The van der Waals surface area contributed by atoms with Crippen molar-refractivity contribution in [3.8, 4) is 5.75 Å². The number of sulfonamides is 1. The van der Waals surface area contributed by atoms with E-state index in [2.05, 4.69) is 15.3 Å². The highest BCUT2D eigenvalue weighted by Gasteiger charge is 2.29. The highest BCUT2D eigenvalue weighted by molar-refractivity contribution is 8.00. The van der Waals surface area contributed by atoms with E-state index in [0.29, 0.717) is 31.1 Å². The van der Waals surface area contributed by atoms with Gasteiger partial charge in [-0.25, -0.2) is 18.4 Å². The van der Waals surface area contributed by atoms with Crippen LogP contribution in [0.2, 0.25) is 0 Å². The average Bonchev–Trinajstić information content (AvgIpc) is 3.29. The fourth-order valence-corrected chi connectivity index (χ4v) is 6.93. The van der Waals surface area contributed by atoms with Crippen LogP contribution in [-0.4, -0.2) is 54.0 Å². The Balaban J connectivity index is 1.50. The Kier molecular flexibility index (Phi) is 7.29. The predicted octanol–water partition coefficient (Wildman–Crippen LogP) is 4.00. The molecule has 4 rings (SSSR count). The number of thiophene rings is 1. The SMILES string of the molecule is CCOc1ccc(NC(=O)CSc2ncnc3ccsc23)cc1S(=O)(=O)N1CCCCC1. The second kappa shape index (κ2) is 10.2. The van der Waals surface area contributed by atoms with Crippen LogP contribution in [0.1, 0.15) is 26.2 Å². The third-order valence-electron chi connectivity index (χ3n) is 5.01. The second-order valence-electron chi connectivity index (χ2n) is 7.21. The van der Waals surface area contributed by atoms with Gasteiger partial charge in [-0.15, -0.1) is 11.3 Å². The normalized spacial score (nSPS) is 15.0. The molecule has 170 valence electrons. The number of nitrogens with zero attached hydrogens (tertiary/aromatic N) is 3. The van der Waals surface area contributed by atoms with E-state index in [-0.39, 0.29) is 16.6 Å². The fraction of sp³-hybridized carbons (Fsp3) is 0.381. The first-order chi connectivity index (χ1) is 15.5. The lowest BCUT2D eigenvalue weighted by atomic mass is 10.2. The van der Waals surface area contributed by atoms with Crippen molar-refractivity contribution in [3.05, 3.63) is 36.0 Å². The Morgan fingerprint density at radius 3 is 2.81 bits per heavy atom. The molecule has 0 bridgehead atoms. The molecule has 1 fully saturated rings. The number of piperidine rings is 1. The molecule has 8 nitrogen and oxygen atoms in total. The summed E-state index contributed by atoms with van der Waals surface area (Å²) in [4.78, 5) is 21.1. The quantitative estimate of drug-likeness (QED) is 0.375. The molecular formula is C21H24N4O4S3. The number of thioether (sulfide) groups is 1. The van der Waals surface area contributed by atoms with E-state index in [0.717, 1.165) is 34.5 Å². The lowest BCUT2D eigenvalue weighted by molar-refractivity contribution is -0.113. The van der Waals surface area contributed by atoms with Crippen LogP contribution >= 0.6 is 23.1 Å². The predicted molar refractivity (Wildman–Crippen MR) is 127 cm³/mol. The zero-order valence-electron chi connectivity index (χ0n) is 17.6. The maximum atomic E-state index is 13.2. The summed E-state index contributed by atoms with van der Waals surface area (Å²) in [5.41, 5.74) is 1.27. The minimum Gasteiger partial charge on any atom is -0.492 e. The summed E-state index contributed by atoms with van der Waals surface area (Å²) in [6, 6.07) is 6.66. The van der Waals surface area contributed by atoms with Gasteiger partial charge in [-0.2, -0.15) is 4.31 Å². The molecule has 1 aliphatic heterocycles. The molecule has 0 aliphatic carbocycles. The lowest BCUT2D eigenvalue weighted by Gasteiger charge is -2.27. The van der Waals surface area contributed by atoms with Gasteiger partial charge in [0.1, 0.15) is 22.0 Å². The Labute approximate surface area is 195 Å². The molecule has 3 aromatic rings. The highest BCUT2D eigenvalue weighted by atomic mass is 32.2. The number of carbonyl (C=O) groups is 1. The van der Waals surface area contributed by atoms with Crippen LogP contribution in [0.15, 0.2) is 45.9 Å². The Morgan fingerprint density at radius 1 is 1.22 bits per heavy atom. The van der Waals surface area contributed by atoms with E-state index < -0.39 is 10.0 Å². The number of rotatable bonds is 8. The summed E-state index contributed by atoms with van der Waals surface area (Å²) >= 11 is 2.85. The van der Waals surface area contributed by atoms with Gasteiger partial charge < -0.3 is 10.1 Å². The zero-order valence-corrected chi connectivity index (χ0v) is 20.1.